The number of hydrogen-bond donors (Lipinski definition) is 0. The standard InChI is InChI=1S/C17H23N5O/c1-11-9-12(2)21-17(20-11)22-7-5-15(6-8-22)23-16-14(4)18-10-13(3)19-16/h9-10,15H,5-8H2,1-4H3. The van der Waals surface area contributed by atoms with Crippen LogP contribution in [0.1, 0.15) is 35.6 Å². The van der Waals surface area contributed by atoms with Gasteiger partial charge in [-0.15, -0.1) is 0 Å². The number of ether oxygens (including phenoxy) is 1. The molecule has 6 nitrogen and oxygen atoms in total. The predicted octanol–water partition coefficient (Wildman–Crippen LogP) is 2.55. The maximum Gasteiger partial charge on any atom is 0.235 e. The predicted molar refractivity (Wildman–Crippen MR) is 88.9 cm³/mol. The van der Waals surface area contributed by atoms with Crippen molar-refractivity contribution < 1.29 is 4.74 Å². The van der Waals surface area contributed by atoms with Gasteiger partial charge in [-0.2, -0.15) is 0 Å². The van der Waals surface area contributed by atoms with E-state index in [4.69, 9.17) is 4.74 Å². The molecule has 1 fully saturated rings. The van der Waals surface area contributed by atoms with Crippen LogP contribution in [0.15, 0.2) is 12.3 Å². The number of aryl methyl sites for hydroxylation is 4. The fourth-order valence-electron chi connectivity index (χ4n) is 2.81. The van der Waals surface area contributed by atoms with Gasteiger partial charge in [0.05, 0.1) is 11.4 Å². The monoisotopic (exact) mass is 313 g/mol. The lowest BCUT2D eigenvalue weighted by Crippen LogP contribution is -2.39. The lowest BCUT2D eigenvalue weighted by Gasteiger charge is -2.32. The Labute approximate surface area is 137 Å². The Kier molecular flexibility index (Phi) is 4.41. The van der Waals surface area contributed by atoms with Crippen molar-refractivity contribution in [3.05, 3.63) is 35.0 Å². The number of hydrogen-bond acceptors (Lipinski definition) is 6. The van der Waals surface area contributed by atoms with Gasteiger partial charge in [0.15, 0.2) is 0 Å². The van der Waals surface area contributed by atoms with Gasteiger partial charge in [-0.25, -0.2) is 15.0 Å². The summed E-state index contributed by atoms with van der Waals surface area (Å²) in [5.41, 5.74) is 3.75. The molecular weight excluding hydrogens is 290 g/mol. The molecule has 1 aliphatic heterocycles. The molecule has 0 bridgehead atoms. The van der Waals surface area contributed by atoms with Crippen molar-refractivity contribution in [2.45, 2.75) is 46.6 Å². The van der Waals surface area contributed by atoms with Gasteiger partial charge in [-0.1, -0.05) is 0 Å². The molecule has 0 aliphatic carbocycles. The van der Waals surface area contributed by atoms with Gasteiger partial charge >= 0.3 is 0 Å². The van der Waals surface area contributed by atoms with Crippen LogP contribution >= 0.6 is 0 Å². The smallest absolute Gasteiger partial charge is 0.235 e. The first-order chi connectivity index (χ1) is 11.0. The van der Waals surface area contributed by atoms with Crippen molar-refractivity contribution in [2.24, 2.45) is 0 Å². The topological polar surface area (TPSA) is 64.0 Å². The van der Waals surface area contributed by atoms with Gasteiger partial charge in [0.1, 0.15) is 6.10 Å². The summed E-state index contributed by atoms with van der Waals surface area (Å²) in [5, 5.41) is 0. The van der Waals surface area contributed by atoms with Gasteiger partial charge in [-0.05, 0) is 33.8 Å². The maximum atomic E-state index is 6.06. The molecule has 122 valence electrons. The molecule has 0 atom stereocenters. The Balaban J connectivity index is 1.63. The lowest BCUT2D eigenvalue weighted by molar-refractivity contribution is 0.161. The summed E-state index contributed by atoms with van der Waals surface area (Å²) in [6.45, 7) is 9.66. The molecule has 2 aromatic rings. The molecule has 3 rings (SSSR count). The van der Waals surface area contributed by atoms with Crippen LogP contribution in [0.2, 0.25) is 0 Å². The fraction of sp³-hybridized carbons (Fsp3) is 0.529. The third-order valence-electron chi connectivity index (χ3n) is 4.01. The zero-order valence-electron chi connectivity index (χ0n) is 14.2. The number of aromatic nitrogens is 4. The number of nitrogens with zero attached hydrogens (tertiary/aromatic N) is 5. The Morgan fingerprint density at radius 3 is 2.26 bits per heavy atom. The summed E-state index contributed by atoms with van der Waals surface area (Å²) in [7, 11) is 0. The highest BCUT2D eigenvalue weighted by Crippen LogP contribution is 2.22. The third-order valence-corrected chi connectivity index (χ3v) is 4.01. The maximum absolute atomic E-state index is 6.06. The normalized spacial score (nSPS) is 15.7. The van der Waals surface area contributed by atoms with E-state index in [1.165, 1.54) is 0 Å². The molecule has 0 spiro atoms. The Morgan fingerprint density at radius 1 is 0.957 bits per heavy atom. The average Bonchev–Trinajstić information content (AvgIpc) is 2.51. The second-order valence-electron chi connectivity index (χ2n) is 6.16. The number of anilines is 1. The van der Waals surface area contributed by atoms with E-state index in [9.17, 15) is 0 Å². The molecule has 6 heteroatoms. The quantitative estimate of drug-likeness (QED) is 0.867. The van der Waals surface area contributed by atoms with Crippen molar-refractivity contribution in [3.63, 3.8) is 0 Å². The van der Waals surface area contributed by atoms with E-state index in [-0.39, 0.29) is 6.10 Å². The minimum atomic E-state index is 0.173. The molecule has 1 aliphatic rings. The molecule has 0 N–H and O–H groups in total. The molecule has 0 radical (unpaired) electrons. The van der Waals surface area contributed by atoms with Crippen LogP contribution in [0.3, 0.4) is 0 Å². The highest BCUT2D eigenvalue weighted by atomic mass is 16.5. The minimum absolute atomic E-state index is 0.173. The van der Waals surface area contributed by atoms with Crippen LogP contribution in [0, 0.1) is 27.7 Å². The molecule has 23 heavy (non-hydrogen) atoms. The van der Waals surface area contributed by atoms with Crippen molar-refractivity contribution in [3.8, 4) is 5.88 Å². The molecule has 0 saturated carbocycles. The van der Waals surface area contributed by atoms with E-state index in [1.54, 1.807) is 6.20 Å². The van der Waals surface area contributed by atoms with E-state index < -0.39 is 0 Å². The first kappa shape index (κ1) is 15.6. The Hall–Kier alpha value is -2.24. The third kappa shape index (κ3) is 3.75. The van der Waals surface area contributed by atoms with Gasteiger partial charge in [0.25, 0.3) is 0 Å². The van der Waals surface area contributed by atoms with E-state index in [0.717, 1.165) is 54.7 Å². The number of rotatable bonds is 3. The van der Waals surface area contributed by atoms with Crippen LogP contribution < -0.4 is 9.64 Å². The number of piperidine rings is 1. The molecule has 3 heterocycles. The first-order valence-electron chi connectivity index (χ1n) is 8.05. The summed E-state index contributed by atoms with van der Waals surface area (Å²) in [6.07, 6.45) is 3.81. The Morgan fingerprint density at radius 2 is 1.61 bits per heavy atom. The van der Waals surface area contributed by atoms with Crippen LogP contribution in [0.25, 0.3) is 0 Å². The summed E-state index contributed by atoms with van der Waals surface area (Å²) >= 11 is 0. The highest BCUT2D eigenvalue weighted by Gasteiger charge is 2.23. The fourth-order valence-corrected chi connectivity index (χ4v) is 2.81. The zero-order chi connectivity index (χ0) is 16.4. The Bertz CT molecular complexity index is 675. The molecule has 2 aromatic heterocycles. The van der Waals surface area contributed by atoms with Gasteiger partial charge < -0.3 is 9.64 Å². The van der Waals surface area contributed by atoms with E-state index >= 15 is 0 Å². The molecular formula is C17H23N5O. The summed E-state index contributed by atoms with van der Waals surface area (Å²) < 4.78 is 6.06. The van der Waals surface area contributed by atoms with Gasteiger partial charge in [0, 0.05) is 43.5 Å². The van der Waals surface area contributed by atoms with E-state index in [2.05, 4.69) is 24.8 Å². The van der Waals surface area contributed by atoms with E-state index in [1.807, 2.05) is 33.8 Å². The van der Waals surface area contributed by atoms with Gasteiger partial charge in [-0.3, -0.25) is 4.98 Å². The summed E-state index contributed by atoms with van der Waals surface area (Å²) in [6, 6.07) is 2.00. The van der Waals surface area contributed by atoms with Crippen molar-refractivity contribution in [2.75, 3.05) is 18.0 Å². The van der Waals surface area contributed by atoms with Crippen LogP contribution in [-0.2, 0) is 0 Å². The second-order valence-corrected chi connectivity index (χ2v) is 6.16. The second kappa shape index (κ2) is 6.48. The largest absolute Gasteiger partial charge is 0.473 e. The molecule has 1 saturated heterocycles. The van der Waals surface area contributed by atoms with Crippen LogP contribution in [0.5, 0.6) is 5.88 Å². The van der Waals surface area contributed by atoms with Crippen molar-refractivity contribution in [1.82, 2.24) is 19.9 Å². The van der Waals surface area contributed by atoms with Crippen LogP contribution in [-0.4, -0.2) is 39.1 Å². The zero-order valence-corrected chi connectivity index (χ0v) is 14.2. The van der Waals surface area contributed by atoms with Crippen molar-refractivity contribution in [1.29, 1.82) is 0 Å². The van der Waals surface area contributed by atoms with Crippen LogP contribution in [0.4, 0.5) is 5.95 Å². The van der Waals surface area contributed by atoms with Crippen molar-refractivity contribution >= 4 is 5.95 Å². The highest BCUT2D eigenvalue weighted by molar-refractivity contribution is 5.33. The summed E-state index contributed by atoms with van der Waals surface area (Å²) in [4.78, 5) is 20.1. The first-order valence-corrected chi connectivity index (χ1v) is 8.05. The minimum Gasteiger partial charge on any atom is -0.473 e. The van der Waals surface area contributed by atoms with E-state index in [0.29, 0.717) is 5.88 Å². The molecule has 0 unspecified atom stereocenters. The molecule has 0 aromatic carbocycles. The molecule has 0 amide bonds. The SMILES string of the molecule is Cc1cc(C)nc(N2CCC(Oc3nc(C)cnc3C)CC2)n1. The summed E-state index contributed by atoms with van der Waals surface area (Å²) in [5.74, 6) is 1.48. The average molecular weight is 313 g/mol. The lowest BCUT2D eigenvalue weighted by atomic mass is 10.1. The van der Waals surface area contributed by atoms with Gasteiger partial charge in [0.2, 0.25) is 11.8 Å².